The van der Waals surface area contributed by atoms with Crippen LogP contribution >= 0.6 is 0 Å². The quantitative estimate of drug-likeness (QED) is 0.269. The molecule has 0 radical (unpaired) electrons. The number of oxazole rings is 1. The summed E-state index contributed by atoms with van der Waals surface area (Å²) in [6.45, 7) is 3.77. The number of amides is 2. The van der Waals surface area contributed by atoms with Crippen molar-refractivity contribution in [1.82, 2.24) is 19.9 Å². The van der Waals surface area contributed by atoms with Crippen molar-refractivity contribution >= 4 is 17.8 Å². The second-order valence-corrected chi connectivity index (χ2v) is 14.2. The normalized spacial score (nSPS) is 24.5. The fourth-order valence-electron chi connectivity index (χ4n) is 7.57. The Hall–Kier alpha value is -3.99. The van der Waals surface area contributed by atoms with Gasteiger partial charge >= 0.3 is 6.09 Å². The predicted octanol–water partition coefficient (Wildman–Crippen LogP) is 6.25. The summed E-state index contributed by atoms with van der Waals surface area (Å²) in [5, 5.41) is 9.27. The Morgan fingerprint density at radius 1 is 0.958 bits per heavy atom. The number of carbonyl (C=O) groups is 2. The van der Waals surface area contributed by atoms with Crippen LogP contribution in [-0.2, 0) is 9.53 Å². The van der Waals surface area contributed by atoms with Crippen LogP contribution in [-0.4, -0.2) is 76.4 Å². The summed E-state index contributed by atoms with van der Waals surface area (Å²) in [7, 11) is 1.67. The molecule has 48 heavy (non-hydrogen) atoms. The van der Waals surface area contributed by atoms with Crippen molar-refractivity contribution < 1.29 is 28.6 Å². The lowest BCUT2D eigenvalue weighted by molar-refractivity contribution is -0.124. The summed E-state index contributed by atoms with van der Waals surface area (Å²) in [6.07, 6.45) is 11.9. The maximum Gasteiger partial charge on any atom is 0.410 e. The van der Waals surface area contributed by atoms with Crippen molar-refractivity contribution in [3.05, 3.63) is 54.0 Å². The van der Waals surface area contributed by atoms with Gasteiger partial charge in [0.25, 0.3) is 0 Å². The molecule has 0 aromatic carbocycles. The molecule has 3 aliphatic carbocycles. The van der Waals surface area contributed by atoms with Crippen LogP contribution in [0.25, 0.3) is 11.3 Å². The highest BCUT2D eigenvalue weighted by molar-refractivity contribution is 5.94. The van der Waals surface area contributed by atoms with Crippen molar-refractivity contribution in [3.63, 3.8) is 0 Å². The van der Waals surface area contributed by atoms with Gasteiger partial charge < -0.3 is 23.9 Å². The second kappa shape index (κ2) is 14.2. The number of anilines is 1. The van der Waals surface area contributed by atoms with Crippen LogP contribution in [0, 0.1) is 24.7 Å². The zero-order valence-corrected chi connectivity index (χ0v) is 28.1. The largest absolute Gasteiger partial charge is 0.495 e. The molecule has 2 amide bonds. The topological polar surface area (TPSA) is 131 Å². The van der Waals surface area contributed by atoms with Crippen molar-refractivity contribution in [2.75, 3.05) is 38.3 Å². The number of carbonyl (C=O) groups excluding carboxylic acids is 2. The van der Waals surface area contributed by atoms with Crippen LogP contribution in [0.15, 0.2) is 41.1 Å². The van der Waals surface area contributed by atoms with Crippen LogP contribution < -0.4 is 9.64 Å². The van der Waals surface area contributed by atoms with E-state index in [-0.39, 0.29) is 36.5 Å². The number of aromatic nitrogens is 3. The number of ether oxygens (including phenoxy) is 2. The average molecular weight is 658 g/mol. The summed E-state index contributed by atoms with van der Waals surface area (Å²) in [5.41, 5.74) is 3.69. The minimum Gasteiger partial charge on any atom is -0.495 e. The molecule has 3 saturated carbocycles. The molecule has 256 valence electrons. The molecule has 0 atom stereocenters. The Morgan fingerprint density at radius 3 is 2.40 bits per heavy atom. The molecule has 3 aromatic heterocycles. The molecule has 3 aromatic rings. The van der Waals surface area contributed by atoms with Crippen LogP contribution in [0.2, 0.25) is 0 Å². The molecule has 11 heteroatoms. The molecule has 0 spiro atoms. The van der Waals surface area contributed by atoms with Crippen molar-refractivity contribution in [2.45, 2.75) is 89.1 Å². The van der Waals surface area contributed by atoms with E-state index in [1.807, 2.05) is 30.0 Å². The molecule has 11 nitrogen and oxygen atoms in total. The first-order chi connectivity index (χ1) is 23.4. The predicted molar refractivity (Wildman–Crippen MR) is 179 cm³/mol. The number of likely N-dealkylation sites (tertiary alicyclic amines) is 1. The lowest BCUT2D eigenvalue weighted by atomic mass is 9.79. The molecular weight excluding hydrogens is 610 g/mol. The fraction of sp³-hybridized carbons (Fsp3) is 0.595. The number of hydrogen-bond donors (Lipinski definition) is 1. The Labute approximate surface area is 282 Å². The highest BCUT2D eigenvalue weighted by atomic mass is 16.6. The van der Waals surface area contributed by atoms with Gasteiger partial charge in [-0.3, -0.25) is 14.7 Å². The van der Waals surface area contributed by atoms with E-state index in [1.54, 1.807) is 24.5 Å². The SMILES string of the molecule is COc1ccc([C@H]2CC[C@H](CN(c3cc(-c4coc(C5CC5)n4)ccn3)C(=O)[C@H]3CC[C@H](OC(=O)N4CC(CO)C4)CC3)CC2)nc1C. The van der Waals surface area contributed by atoms with Gasteiger partial charge in [-0.25, -0.2) is 14.8 Å². The number of hydrogen-bond acceptors (Lipinski definition) is 9. The average Bonchev–Trinajstić information content (AvgIpc) is 3.82. The van der Waals surface area contributed by atoms with E-state index in [4.69, 9.17) is 28.8 Å². The number of aryl methyl sites for hydroxylation is 1. The lowest BCUT2D eigenvalue weighted by Crippen LogP contribution is -2.52. The molecule has 1 N–H and O–H groups in total. The molecule has 4 heterocycles. The van der Waals surface area contributed by atoms with E-state index in [0.717, 1.165) is 72.8 Å². The van der Waals surface area contributed by atoms with Crippen molar-refractivity contribution in [3.8, 4) is 17.0 Å². The van der Waals surface area contributed by atoms with Crippen molar-refractivity contribution in [2.24, 2.45) is 17.8 Å². The van der Waals surface area contributed by atoms with E-state index >= 15 is 0 Å². The first-order valence-electron chi connectivity index (χ1n) is 17.7. The zero-order valence-electron chi connectivity index (χ0n) is 28.1. The van der Waals surface area contributed by atoms with Gasteiger partial charge in [-0.1, -0.05) is 0 Å². The number of rotatable bonds is 10. The molecule has 0 bridgehead atoms. The van der Waals surface area contributed by atoms with Crippen LogP contribution in [0.1, 0.15) is 93.3 Å². The summed E-state index contributed by atoms with van der Waals surface area (Å²) in [5.74, 6) is 3.48. The van der Waals surface area contributed by atoms with Gasteiger partial charge in [0.1, 0.15) is 29.6 Å². The molecule has 7 rings (SSSR count). The summed E-state index contributed by atoms with van der Waals surface area (Å²) >= 11 is 0. The van der Waals surface area contributed by atoms with Gasteiger partial charge in [-0.15, -0.1) is 0 Å². The maximum absolute atomic E-state index is 14.4. The third kappa shape index (κ3) is 7.21. The van der Waals surface area contributed by atoms with E-state index in [1.165, 1.54) is 0 Å². The first-order valence-corrected chi connectivity index (χ1v) is 17.7. The van der Waals surface area contributed by atoms with Gasteiger partial charge in [0.15, 0.2) is 5.89 Å². The third-order valence-electron chi connectivity index (χ3n) is 10.8. The highest BCUT2D eigenvalue weighted by Crippen LogP contribution is 2.41. The number of pyridine rings is 2. The second-order valence-electron chi connectivity index (χ2n) is 14.2. The number of nitrogens with zero attached hydrogens (tertiary/aromatic N) is 5. The molecule has 1 aliphatic heterocycles. The molecule has 1 saturated heterocycles. The lowest BCUT2D eigenvalue weighted by Gasteiger charge is -2.39. The molecule has 0 unspecified atom stereocenters. The summed E-state index contributed by atoms with van der Waals surface area (Å²) in [4.78, 5) is 44.8. The standard InChI is InChI=1S/C37H47N5O6/c1-23-33(46-2)14-13-31(39-23)26-5-3-24(4-6-26)20-42(34-17-29(15-16-38-34)32-22-47-35(40-32)27-7-8-27)36(44)28-9-11-30(12-10-28)48-37(45)41-18-25(19-41)21-43/h13-17,22,24-28,30,43H,3-12,18-21H2,1-2H3/t24-,26-,28-,30-. The smallest absolute Gasteiger partial charge is 0.410 e. The number of aliphatic hydroxyl groups excluding tert-OH is 1. The van der Waals surface area contributed by atoms with Gasteiger partial charge in [0.05, 0.1) is 12.8 Å². The minimum absolute atomic E-state index is 0.0892. The van der Waals surface area contributed by atoms with Crippen molar-refractivity contribution in [1.29, 1.82) is 0 Å². The third-order valence-corrected chi connectivity index (χ3v) is 10.8. The van der Waals surface area contributed by atoms with Gasteiger partial charge in [0.2, 0.25) is 5.91 Å². The monoisotopic (exact) mass is 657 g/mol. The van der Waals surface area contributed by atoms with Crippen LogP contribution in [0.3, 0.4) is 0 Å². The Morgan fingerprint density at radius 2 is 1.71 bits per heavy atom. The van der Waals surface area contributed by atoms with Gasteiger partial charge in [-0.05, 0) is 101 Å². The zero-order chi connectivity index (χ0) is 33.2. The van der Waals surface area contributed by atoms with E-state index in [9.17, 15) is 14.7 Å². The van der Waals surface area contributed by atoms with E-state index in [2.05, 4.69) is 6.07 Å². The molecular formula is C37H47N5O6. The Balaban J connectivity index is 1.03. The summed E-state index contributed by atoms with van der Waals surface area (Å²) < 4.78 is 17.0. The maximum atomic E-state index is 14.4. The first kappa shape index (κ1) is 32.6. The van der Waals surface area contributed by atoms with Crippen LogP contribution in [0.4, 0.5) is 10.6 Å². The number of aliphatic hydroxyl groups is 1. The Kier molecular flexibility index (Phi) is 9.66. The fourth-order valence-corrected chi connectivity index (χ4v) is 7.57. The van der Waals surface area contributed by atoms with Crippen LogP contribution in [0.5, 0.6) is 5.75 Å². The van der Waals surface area contributed by atoms with E-state index < -0.39 is 0 Å². The van der Waals surface area contributed by atoms with E-state index in [0.29, 0.717) is 68.9 Å². The summed E-state index contributed by atoms with van der Waals surface area (Å²) in [6, 6.07) is 8.00. The van der Waals surface area contributed by atoms with Gasteiger partial charge in [0, 0.05) is 67.4 Å². The van der Waals surface area contributed by atoms with Gasteiger partial charge in [-0.2, -0.15) is 0 Å². The molecule has 4 fully saturated rings. The number of methoxy groups -OCH3 is 1. The highest BCUT2D eigenvalue weighted by Gasteiger charge is 2.37. The molecule has 4 aliphatic rings. The Bertz CT molecular complexity index is 1580. The minimum atomic E-state index is -0.314.